The first kappa shape index (κ1) is 36.1. The molecule has 2 amide bonds. The minimum absolute atomic E-state index is 0.0699. The molecular formula is C41H42ClN5O6Si. The predicted octanol–water partition coefficient (Wildman–Crippen LogP) is 6.55. The number of aliphatic hydroxyl groups excluding tert-OH is 1. The van der Waals surface area contributed by atoms with E-state index in [-0.39, 0.29) is 48.9 Å². The summed E-state index contributed by atoms with van der Waals surface area (Å²) < 4.78 is 14.4. The van der Waals surface area contributed by atoms with Gasteiger partial charge in [0.15, 0.2) is 20.5 Å². The Morgan fingerprint density at radius 3 is 2.54 bits per heavy atom. The van der Waals surface area contributed by atoms with E-state index < -0.39 is 20.0 Å². The number of aromatic nitrogens is 3. The molecule has 0 aliphatic carbocycles. The van der Waals surface area contributed by atoms with Crippen molar-refractivity contribution >= 4 is 48.8 Å². The van der Waals surface area contributed by atoms with Crippen LogP contribution in [0.25, 0.3) is 0 Å². The molecule has 1 aromatic heterocycles. The van der Waals surface area contributed by atoms with Crippen LogP contribution in [0.2, 0.25) is 23.7 Å². The number of amides is 2. The second-order valence-electron chi connectivity index (χ2n) is 14.9. The Bertz CT molecular complexity index is 2210. The first-order chi connectivity index (χ1) is 26.0. The topological polar surface area (TPSA) is 130 Å². The molecule has 0 bridgehead atoms. The molecule has 1 unspecified atom stereocenters. The van der Waals surface area contributed by atoms with Crippen LogP contribution in [0.1, 0.15) is 41.6 Å². The fraction of sp³-hybridized carbons (Fsp3) is 0.317. The lowest BCUT2D eigenvalue weighted by Crippen LogP contribution is -2.46. The number of para-hydroxylation sites is 2. The summed E-state index contributed by atoms with van der Waals surface area (Å²) in [5, 5.41) is 19.4. The highest BCUT2D eigenvalue weighted by molar-refractivity contribution is 6.71. The zero-order valence-corrected chi connectivity index (χ0v) is 32.1. The molecule has 1 spiro atoms. The lowest BCUT2D eigenvalue weighted by molar-refractivity contribution is -0.146. The Kier molecular flexibility index (Phi) is 9.43. The van der Waals surface area contributed by atoms with Crippen molar-refractivity contribution in [2.24, 2.45) is 5.92 Å². The van der Waals surface area contributed by atoms with Gasteiger partial charge >= 0.3 is 0 Å². The van der Waals surface area contributed by atoms with Crippen LogP contribution in [0.15, 0.2) is 103 Å². The van der Waals surface area contributed by atoms with Crippen molar-refractivity contribution in [1.29, 1.82) is 0 Å². The minimum atomic E-state index is -2.92. The van der Waals surface area contributed by atoms with E-state index in [4.69, 9.17) is 21.1 Å². The molecule has 3 aliphatic rings. The highest BCUT2D eigenvalue weighted by Crippen LogP contribution is 2.60. The number of aryl methyl sites for hydroxylation is 1. The van der Waals surface area contributed by atoms with Crippen LogP contribution in [-0.2, 0) is 33.0 Å². The molecule has 54 heavy (non-hydrogen) atoms. The third-order valence-corrected chi connectivity index (χ3v) is 13.8. The second kappa shape index (κ2) is 14.1. The van der Waals surface area contributed by atoms with Crippen LogP contribution in [0.5, 0.6) is 5.75 Å². The van der Waals surface area contributed by atoms with E-state index in [1.165, 1.54) is 0 Å². The van der Waals surface area contributed by atoms with Crippen LogP contribution in [0, 0.1) is 5.92 Å². The van der Waals surface area contributed by atoms with Gasteiger partial charge in [0.2, 0.25) is 0 Å². The molecule has 1 saturated heterocycles. The van der Waals surface area contributed by atoms with Gasteiger partial charge in [-0.15, -0.1) is 5.10 Å². The summed E-state index contributed by atoms with van der Waals surface area (Å²) in [5.41, 5.74) is 3.48. The van der Waals surface area contributed by atoms with Gasteiger partial charge in [-0.3, -0.25) is 19.2 Å². The fourth-order valence-electron chi connectivity index (χ4n) is 8.74. The summed E-state index contributed by atoms with van der Waals surface area (Å²) in [6, 6.07) is 30.2. The van der Waals surface area contributed by atoms with Crippen LogP contribution >= 0.6 is 11.6 Å². The van der Waals surface area contributed by atoms with Crippen molar-refractivity contribution in [3.63, 3.8) is 0 Å². The number of carbonyl (C=O) groups excluding carboxylic acids is 2. The third-order valence-electron chi connectivity index (χ3n) is 11.1. The molecule has 5 atom stereocenters. The zero-order chi connectivity index (χ0) is 37.8. The Morgan fingerprint density at radius 2 is 1.76 bits per heavy atom. The Hall–Kier alpha value is -4.85. The zero-order valence-electron chi connectivity index (χ0n) is 30.3. The summed E-state index contributed by atoms with van der Waals surface area (Å²) >= 11 is 6.63. The summed E-state index contributed by atoms with van der Waals surface area (Å²) in [6.07, 6.45) is 1.85. The normalized spacial score (nSPS) is 22.7. The summed E-state index contributed by atoms with van der Waals surface area (Å²) in [7, 11) is -2.92. The smallest absolute Gasteiger partial charge is 0.269 e. The van der Waals surface area contributed by atoms with E-state index in [1.807, 2.05) is 117 Å². The van der Waals surface area contributed by atoms with Crippen LogP contribution in [-0.4, -0.2) is 64.3 Å². The molecule has 0 saturated carbocycles. The maximum atomic E-state index is 15.0. The first-order valence-corrected chi connectivity index (χ1v) is 21.6. The average molecular weight is 764 g/mol. The van der Waals surface area contributed by atoms with Gasteiger partial charge in [0.1, 0.15) is 5.75 Å². The lowest BCUT2D eigenvalue weighted by atomic mass is 9.82. The van der Waals surface area contributed by atoms with Gasteiger partial charge in [-0.05, 0) is 73.1 Å². The summed E-state index contributed by atoms with van der Waals surface area (Å²) in [6.45, 7) is 6.28. The third kappa shape index (κ3) is 6.21. The fourth-order valence-corrected chi connectivity index (χ4v) is 11.5. The van der Waals surface area contributed by atoms with Gasteiger partial charge in [-0.25, -0.2) is 0 Å². The van der Waals surface area contributed by atoms with E-state index in [0.29, 0.717) is 52.1 Å². The van der Waals surface area contributed by atoms with Gasteiger partial charge in [-0.2, -0.15) is 0 Å². The quantitative estimate of drug-likeness (QED) is 0.153. The second-order valence-corrected chi connectivity index (χ2v) is 19.3. The van der Waals surface area contributed by atoms with Crippen molar-refractivity contribution in [1.82, 2.24) is 15.0 Å². The largest absolute Gasteiger partial charge is 0.482 e. The average Bonchev–Trinajstić information content (AvgIpc) is 3.81. The van der Waals surface area contributed by atoms with E-state index in [1.54, 1.807) is 20.5 Å². The van der Waals surface area contributed by atoms with Crippen molar-refractivity contribution in [2.45, 2.75) is 62.7 Å². The van der Waals surface area contributed by atoms with E-state index in [0.717, 1.165) is 11.1 Å². The van der Waals surface area contributed by atoms with Gasteiger partial charge in [-0.1, -0.05) is 78.3 Å². The number of fused-ring (bicyclic) bond motifs is 3. The molecule has 3 aliphatic heterocycles. The number of carbonyl (C=O) groups is 2. The Labute approximate surface area is 319 Å². The van der Waals surface area contributed by atoms with Gasteiger partial charge in [0.05, 0.1) is 42.2 Å². The molecule has 5 aromatic rings. The molecule has 4 aromatic carbocycles. The molecule has 8 rings (SSSR count). The summed E-state index contributed by atoms with van der Waals surface area (Å²) in [5.74, 6) is -0.456. The lowest BCUT2D eigenvalue weighted by Gasteiger charge is -2.32. The van der Waals surface area contributed by atoms with Crippen molar-refractivity contribution in [2.75, 3.05) is 23.0 Å². The molecule has 1 fully saturated rings. The monoisotopic (exact) mass is 763 g/mol. The van der Waals surface area contributed by atoms with E-state index in [2.05, 4.69) is 10.3 Å². The van der Waals surface area contributed by atoms with Crippen molar-refractivity contribution in [3.05, 3.63) is 131 Å². The molecule has 0 radical (unpaired) electrons. The van der Waals surface area contributed by atoms with Crippen LogP contribution in [0.4, 0.5) is 17.1 Å². The minimum Gasteiger partial charge on any atom is -0.482 e. The summed E-state index contributed by atoms with van der Waals surface area (Å²) in [4.78, 5) is 43.3. The number of hydrogen-bond acceptors (Lipinski definition) is 8. The molecule has 4 heterocycles. The van der Waals surface area contributed by atoms with Gasteiger partial charge < -0.3 is 24.3 Å². The van der Waals surface area contributed by atoms with Gasteiger partial charge in [0, 0.05) is 40.5 Å². The number of hydrogen-bond donors (Lipinski definition) is 2. The van der Waals surface area contributed by atoms with Crippen molar-refractivity contribution < 1.29 is 29.0 Å². The maximum absolute atomic E-state index is 15.0. The number of ether oxygens (including phenoxy) is 2. The highest BCUT2D eigenvalue weighted by atomic mass is 35.5. The molecule has 11 nitrogen and oxygen atoms in total. The number of rotatable bonds is 10. The molecule has 13 heteroatoms. The number of aliphatic hydroxyl groups is 1. The standard InChI is InChI=1S/C41H42ClN5O6Si/c1-26-39(54(2,3)51)37(18-19-45-23-33(43-44-45)31(24-48)28-11-5-4-6-12-28)53-41(26)32-21-29(42)16-17-34(32)46(40(41)50)22-27-10-9-13-30(20-27)47-35-14-7-8-15-36(35)52-25-38(47)49/h4-17,20-21,23,26,31,37,39,48,51H,18-19,22,24-25H2,1-3H3/t26-,31?,37+,39-,41+/m0/s1. The van der Waals surface area contributed by atoms with Crippen LogP contribution < -0.4 is 14.5 Å². The van der Waals surface area contributed by atoms with Crippen molar-refractivity contribution in [3.8, 4) is 5.75 Å². The van der Waals surface area contributed by atoms with Crippen LogP contribution in [0.3, 0.4) is 0 Å². The SMILES string of the molecule is C[C@H]1[C@H]([Si](C)(C)O)[C@@H](CCn2cc(C(CO)c3ccccc3)nn2)O[C@]12C(=O)N(Cc1cccc(N3C(=O)COc4ccccc43)c1)c1ccc(Cl)cc12. The Morgan fingerprint density at radius 1 is 0.981 bits per heavy atom. The highest BCUT2D eigenvalue weighted by Gasteiger charge is 2.66. The first-order valence-electron chi connectivity index (χ1n) is 18.2. The number of benzene rings is 4. The molecular weight excluding hydrogens is 722 g/mol. The van der Waals surface area contributed by atoms with Gasteiger partial charge in [0.25, 0.3) is 11.8 Å². The molecule has 2 N–H and O–H groups in total. The molecule has 278 valence electrons. The number of anilines is 3. The number of halogens is 1. The Balaban J connectivity index is 1.08. The van der Waals surface area contributed by atoms with E-state index >= 15 is 4.79 Å². The van der Waals surface area contributed by atoms with E-state index in [9.17, 15) is 14.7 Å². The predicted molar refractivity (Wildman–Crippen MR) is 207 cm³/mol. The maximum Gasteiger partial charge on any atom is 0.269 e. The number of nitrogens with zero attached hydrogens (tertiary/aromatic N) is 5.